The first-order valence-electron chi connectivity index (χ1n) is 8.92. The fourth-order valence-corrected chi connectivity index (χ4v) is 3.05. The lowest BCUT2D eigenvalue weighted by molar-refractivity contribution is 0.235. The van der Waals surface area contributed by atoms with Crippen LogP contribution in [0.5, 0.6) is 0 Å². The Hall–Kier alpha value is -2.50. The molecule has 3 heterocycles. The number of aryl methyl sites for hydroxylation is 1. The van der Waals surface area contributed by atoms with E-state index < -0.39 is 0 Å². The summed E-state index contributed by atoms with van der Waals surface area (Å²) in [6.45, 7) is 6.38. The fraction of sp³-hybridized carbons (Fsp3) is 0.474. The number of anilines is 1. The number of aromatic nitrogens is 1. The van der Waals surface area contributed by atoms with E-state index in [1.165, 1.54) is 19.3 Å². The van der Waals surface area contributed by atoms with Gasteiger partial charge in [0, 0.05) is 25.8 Å². The van der Waals surface area contributed by atoms with Crippen LogP contribution in [-0.4, -0.2) is 24.1 Å². The lowest BCUT2D eigenvalue weighted by Gasteiger charge is -2.27. The molecule has 2 amide bonds. The van der Waals surface area contributed by atoms with Gasteiger partial charge < -0.3 is 20.0 Å². The molecule has 6 nitrogen and oxygen atoms in total. The number of piperidine rings is 1. The number of amides is 2. The third-order valence-corrected chi connectivity index (χ3v) is 4.48. The second-order valence-corrected chi connectivity index (χ2v) is 6.57. The monoisotopic (exact) mass is 342 g/mol. The average Bonchev–Trinajstić information content (AvgIpc) is 3.08. The summed E-state index contributed by atoms with van der Waals surface area (Å²) in [5, 5.41) is 5.79. The maximum absolute atomic E-state index is 12.1. The minimum absolute atomic E-state index is 0.171. The highest BCUT2D eigenvalue weighted by molar-refractivity contribution is 5.74. The van der Waals surface area contributed by atoms with Gasteiger partial charge >= 0.3 is 6.03 Å². The Labute approximate surface area is 148 Å². The van der Waals surface area contributed by atoms with Crippen molar-refractivity contribution in [3.63, 3.8) is 0 Å². The van der Waals surface area contributed by atoms with E-state index in [1.54, 1.807) is 0 Å². The largest absolute Gasteiger partial charge is 0.464 e. The van der Waals surface area contributed by atoms with Crippen LogP contribution in [0.4, 0.5) is 10.6 Å². The van der Waals surface area contributed by atoms with Crippen molar-refractivity contribution in [2.75, 3.05) is 18.0 Å². The molecule has 1 fully saturated rings. The Kier molecular flexibility index (Phi) is 5.58. The molecule has 1 aliphatic heterocycles. The molecule has 0 radical (unpaired) electrons. The van der Waals surface area contributed by atoms with Gasteiger partial charge in [0.05, 0.1) is 6.04 Å². The topological polar surface area (TPSA) is 70.4 Å². The van der Waals surface area contributed by atoms with Gasteiger partial charge in [-0.1, -0.05) is 0 Å². The normalized spacial score (nSPS) is 15.7. The number of hydrogen-bond acceptors (Lipinski definition) is 4. The maximum atomic E-state index is 12.1. The number of urea groups is 1. The minimum atomic E-state index is -0.210. The van der Waals surface area contributed by atoms with Crippen molar-refractivity contribution in [3.8, 4) is 0 Å². The van der Waals surface area contributed by atoms with Crippen LogP contribution in [0, 0.1) is 6.92 Å². The van der Waals surface area contributed by atoms with Gasteiger partial charge in [0.1, 0.15) is 17.3 Å². The van der Waals surface area contributed by atoms with Gasteiger partial charge in [-0.05, 0) is 62.9 Å². The number of rotatable bonds is 5. The van der Waals surface area contributed by atoms with Gasteiger partial charge in [-0.3, -0.25) is 0 Å². The number of pyridine rings is 1. The average molecular weight is 342 g/mol. The van der Waals surface area contributed by atoms with E-state index in [9.17, 15) is 4.79 Å². The highest BCUT2D eigenvalue weighted by atomic mass is 16.3. The molecule has 0 bridgehead atoms. The van der Waals surface area contributed by atoms with Crippen LogP contribution in [0.15, 0.2) is 34.9 Å². The zero-order valence-electron chi connectivity index (χ0n) is 14.9. The van der Waals surface area contributed by atoms with Crippen molar-refractivity contribution < 1.29 is 9.21 Å². The quantitative estimate of drug-likeness (QED) is 0.872. The van der Waals surface area contributed by atoms with Gasteiger partial charge in [-0.2, -0.15) is 0 Å². The Balaban J connectivity index is 1.51. The predicted molar refractivity (Wildman–Crippen MR) is 97.5 cm³/mol. The van der Waals surface area contributed by atoms with Crippen LogP contribution in [0.2, 0.25) is 0 Å². The van der Waals surface area contributed by atoms with Gasteiger partial charge in [0.15, 0.2) is 0 Å². The van der Waals surface area contributed by atoms with E-state index in [4.69, 9.17) is 4.42 Å². The molecule has 2 aromatic heterocycles. The van der Waals surface area contributed by atoms with Crippen molar-refractivity contribution in [2.24, 2.45) is 0 Å². The lowest BCUT2D eigenvalue weighted by Crippen LogP contribution is -2.36. The molecule has 0 saturated carbocycles. The van der Waals surface area contributed by atoms with E-state index >= 15 is 0 Å². The minimum Gasteiger partial charge on any atom is -0.464 e. The van der Waals surface area contributed by atoms with Crippen LogP contribution in [0.1, 0.15) is 49.3 Å². The molecule has 3 rings (SSSR count). The first kappa shape index (κ1) is 17.3. The first-order chi connectivity index (χ1) is 12.1. The number of hydrogen-bond donors (Lipinski definition) is 2. The fourth-order valence-electron chi connectivity index (χ4n) is 3.05. The molecule has 134 valence electrons. The van der Waals surface area contributed by atoms with Gasteiger partial charge in [-0.15, -0.1) is 0 Å². The smallest absolute Gasteiger partial charge is 0.315 e. The second kappa shape index (κ2) is 8.05. The number of carbonyl (C=O) groups excluding carboxylic acids is 1. The molecule has 2 N–H and O–H groups in total. The Morgan fingerprint density at radius 3 is 2.80 bits per heavy atom. The zero-order chi connectivity index (χ0) is 17.6. The molecular formula is C19H26N4O2. The number of nitrogens with zero attached hydrogens (tertiary/aromatic N) is 2. The van der Waals surface area contributed by atoms with Gasteiger partial charge in [0.25, 0.3) is 0 Å². The second-order valence-electron chi connectivity index (χ2n) is 6.57. The van der Waals surface area contributed by atoms with E-state index in [1.807, 2.05) is 38.2 Å². The van der Waals surface area contributed by atoms with E-state index in [2.05, 4.69) is 26.6 Å². The summed E-state index contributed by atoms with van der Waals surface area (Å²) in [7, 11) is 0. The summed E-state index contributed by atoms with van der Waals surface area (Å²) < 4.78 is 5.54. The van der Waals surface area contributed by atoms with Crippen molar-refractivity contribution in [1.29, 1.82) is 0 Å². The standard InChI is InChI=1S/C19H26N4O2/c1-14-6-7-17(25-14)15(2)22-19(24)21-13-16-8-9-20-18(12-16)23-10-4-3-5-11-23/h6-9,12,15H,3-5,10-11,13H2,1-2H3,(H2,21,22,24). The molecular weight excluding hydrogens is 316 g/mol. The zero-order valence-corrected chi connectivity index (χ0v) is 14.9. The number of nitrogens with one attached hydrogen (secondary N) is 2. The molecule has 25 heavy (non-hydrogen) atoms. The Morgan fingerprint density at radius 1 is 1.28 bits per heavy atom. The third-order valence-electron chi connectivity index (χ3n) is 4.48. The maximum Gasteiger partial charge on any atom is 0.315 e. The summed E-state index contributed by atoms with van der Waals surface area (Å²) >= 11 is 0. The molecule has 0 spiro atoms. The van der Waals surface area contributed by atoms with Crippen molar-refractivity contribution in [1.82, 2.24) is 15.6 Å². The van der Waals surface area contributed by atoms with Crippen LogP contribution < -0.4 is 15.5 Å². The number of furan rings is 1. The molecule has 1 aliphatic rings. The highest BCUT2D eigenvalue weighted by Crippen LogP contribution is 2.18. The van der Waals surface area contributed by atoms with Crippen molar-refractivity contribution >= 4 is 11.8 Å². The molecule has 0 aromatic carbocycles. The summed E-state index contributed by atoms with van der Waals surface area (Å²) in [5.41, 5.74) is 1.05. The van der Waals surface area contributed by atoms with Crippen LogP contribution in [-0.2, 0) is 6.54 Å². The molecule has 0 aliphatic carbocycles. The number of carbonyl (C=O) groups is 1. The van der Waals surface area contributed by atoms with Gasteiger partial charge in [-0.25, -0.2) is 9.78 Å². The van der Waals surface area contributed by atoms with Crippen molar-refractivity contribution in [3.05, 3.63) is 47.5 Å². The van der Waals surface area contributed by atoms with E-state index in [0.717, 1.165) is 36.0 Å². The summed E-state index contributed by atoms with van der Waals surface area (Å²) in [6.07, 6.45) is 5.55. The highest BCUT2D eigenvalue weighted by Gasteiger charge is 2.14. The van der Waals surface area contributed by atoms with Crippen molar-refractivity contribution in [2.45, 2.75) is 45.7 Å². The molecule has 2 aromatic rings. The predicted octanol–water partition coefficient (Wildman–Crippen LogP) is 3.53. The lowest BCUT2D eigenvalue weighted by atomic mass is 10.1. The Morgan fingerprint density at radius 2 is 2.08 bits per heavy atom. The Bertz CT molecular complexity index is 707. The summed E-state index contributed by atoms with van der Waals surface area (Å²) in [4.78, 5) is 18.9. The third kappa shape index (κ3) is 4.75. The van der Waals surface area contributed by atoms with Crippen LogP contribution >= 0.6 is 0 Å². The molecule has 6 heteroatoms. The summed E-state index contributed by atoms with van der Waals surface area (Å²) in [6, 6.07) is 7.39. The van der Waals surface area contributed by atoms with Crippen LogP contribution in [0.3, 0.4) is 0 Å². The van der Waals surface area contributed by atoms with Gasteiger partial charge in [0.2, 0.25) is 0 Å². The SMILES string of the molecule is Cc1ccc(C(C)NC(=O)NCc2ccnc(N3CCCCC3)c2)o1. The molecule has 1 atom stereocenters. The first-order valence-corrected chi connectivity index (χ1v) is 8.92. The van der Waals surface area contributed by atoms with Crippen LogP contribution in [0.25, 0.3) is 0 Å². The summed E-state index contributed by atoms with van der Waals surface area (Å²) in [5.74, 6) is 2.59. The van der Waals surface area contributed by atoms with E-state index in [-0.39, 0.29) is 12.1 Å². The molecule has 1 unspecified atom stereocenters. The van der Waals surface area contributed by atoms with E-state index in [0.29, 0.717) is 6.54 Å². The molecule has 1 saturated heterocycles.